The third-order valence-electron chi connectivity index (χ3n) is 6.91. The molecule has 9 heteroatoms. The molecule has 0 radical (unpaired) electrons. The second kappa shape index (κ2) is 9.22. The van der Waals surface area contributed by atoms with Gasteiger partial charge in [0, 0.05) is 25.7 Å². The molecule has 2 fully saturated rings. The Hall–Kier alpha value is -2.19. The zero-order valence-electron chi connectivity index (χ0n) is 18.9. The third-order valence-corrected chi connectivity index (χ3v) is 9.12. The van der Waals surface area contributed by atoms with Crippen molar-refractivity contribution in [2.24, 2.45) is 0 Å². The summed E-state index contributed by atoms with van der Waals surface area (Å²) in [6.07, 6.45) is 7.64. The Morgan fingerprint density at radius 2 is 1.64 bits per heavy atom. The number of nitrogens with zero attached hydrogens (tertiary/aromatic N) is 3. The van der Waals surface area contributed by atoms with Crippen molar-refractivity contribution in [3.05, 3.63) is 29.3 Å². The lowest BCUT2D eigenvalue weighted by molar-refractivity contribution is 0.403. The van der Waals surface area contributed by atoms with Gasteiger partial charge in [0.1, 0.15) is 27.1 Å². The van der Waals surface area contributed by atoms with Crippen molar-refractivity contribution >= 4 is 32.9 Å². The van der Waals surface area contributed by atoms with Crippen LogP contribution in [-0.2, 0) is 9.84 Å². The van der Waals surface area contributed by atoms with Gasteiger partial charge in [-0.3, -0.25) is 0 Å². The Balaban J connectivity index is 1.66. The molecular formula is C24H30ClN3O4S. The van der Waals surface area contributed by atoms with Crippen LogP contribution in [0, 0.1) is 0 Å². The molecule has 1 aliphatic carbocycles. The number of sulfone groups is 1. The number of hydrogen-bond acceptors (Lipinski definition) is 7. The Morgan fingerprint density at radius 1 is 0.970 bits per heavy atom. The molecule has 3 aliphatic rings. The smallest absolute Gasteiger partial charge is 0.246 e. The highest BCUT2D eigenvalue weighted by Crippen LogP contribution is 2.49. The fraction of sp³-hybridized carbons (Fsp3) is 0.542. The summed E-state index contributed by atoms with van der Waals surface area (Å²) in [7, 11) is -1.95. The van der Waals surface area contributed by atoms with E-state index < -0.39 is 9.84 Å². The van der Waals surface area contributed by atoms with Gasteiger partial charge in [0.2, 0.25) is 5.88 Å². The molecule has 1 saturated carbocycles. The number of hydrogen-bond donors (Lipinski definition) is 0. The van der Waals surface area contributed by atoms with Gasteiger partial charge >= 0.3 is 0 Å². The van der Waals surface area contributed by atoms with Crippen molar-refractivity contribution in [2.75, 3.05) is 42.3 Å². The Kier molecular flexibility index (Phi) is 6.31. The number of pyridine rings is 1. The molecule has 178 valence electrons. The van der Waals surface area contributed by atoms with Gasteiger partial charge in [-0.2, -0.15) is 4.98 Å². The van der Waals surface area contributed by atoms with Crippen LogP contribution in [0.4, 0.5) is 11.5 Å². The van der Waals surface area contributed by atoms with E-state index in [9.17, 15) is 8.42 Å². The predicted octanol–water partition coefficient (Wildman–Crippen LogP) is 5.06. The van der Waals surface area contributed by atoms with Crippen molar-refractivity contribution in [3.8, 4) is 17.4 Å². The molecule has 2 aromatic rings. The highest BCUT2D eigenvalue weighted by atomic mass is 35.5. The van der Waals surface area contributed by atoms with E-state index in [1.165, 1.54) is 6.42 Å². The molecular weight excluding hydrogens is 462 g/mol. The Labute approximate surface area is 200 Å². The summed E-state index contributed by atoms with van der Waals surface area (Å²) in [6, 6.07) is 7.50. The van der Waals surface area contributed by atoms with Crippen LogP contribution in [0.15, 0.2) is 29.2 Å². The van der Waals surface area contributed by atoms with Crippen molar-refractivity contribution in [1.29, 1.82) is 0 Å². The van der Waals surface area contributed by atoms with Gasteiger partial charge in [-0.05, 0) is 49.9 Å². The van der Waals surface area contributed by atoms with E-state index in [-0.39, 0.29) is 21.7 Å². The van der Waals surface area contributed by atoms with Gasteiger partial charge in [-0.1, -0.05) is 30.9 Å². The minimum absolute atomic E-state index is 0.0572. The quantitative estimate of drug-likeness (QED) is 0.578. The maximum Gasteiger partial charge on any atom is 0.246 e. The summed E-state index contributed by atoms with van der Waals surface area (Å²) < 4.78 is 38.2. The van der Waals surface area contributed by atoms with E-state index in [4.69, 9.17) is 26.1 Å². The third kappa shape index (κ3) is 4.35. The number of ether oxygens (including phenoxy) is 2. The summed E-state index contributed by atoms with van der Waals surface area (Å²) in [4.78, 5) is 9.30. The van der Waals surface area contributed by atoms with E-state index in [1.807, 2.05) is 12.1 Å². The first-order valence-electron chi connectivity index (χ1n) is 11.8. The van der Waals surface area contributed by atoms with Crippen LogP contribution in [0.1, 0.15) is 44.9 Å². The maximum atomic E-state index is 13.3. The van der Waals surface area contributed by atoms with Crippen LogP contribution < -0.4 is 19.3 Å². The summed E-state index contributed by atoms with van der Waals surface area (Å²) in [6.45, 7) is 2.04. The van der Waals surface area contributed by atoms with Crippen LogP contribution in [0.3, 0.4) is 0 Å². The molecule has 0 unspecified atom stereocenters. The average molecular weight is 492 g/mol. The fourth-order valence-electron chi connectivity index (χ4n) is 5.19. The number of rotatable bonds is 5. The molecule has 0 N–H and O–H groups in total. The number of methoxy groups -OCH3 is 1. The molecule has 7 nitrogen and oxygen atoms in total. The predicted molar refractivity (Wildman–Crippen MR) is 130 cm³/mol. The first-order chi connectivity index (χ1) is 16.0. The molecule has 0 bridgehead atoms. The van der Waals surface area contributed by atoms with Crippen molar-refractivity contribution in [2.45, 2.75) is 55.9 Å². The van der Waals surface area contributed by atoms with E-state index in [0.717, 1.165) is 57.4 Å². The van der Waals surface area contributed by atoms with Gasteiger partial charge in [-0.15, -0.1) is 0 Å². The van der Waals surface area contributed by atoms with Crippen molar-refractivity contribution in [1.82, 2.24) is 4.98 Å². The molecule has 33 heavy (non-hydrogen) atoms. The fourth-order valence-corrected chi connectivity index (χ4v) is 7.30. The molecule has 1 aromatic carbocycles. The molecule has 0 amide bonds. The summed E-state index contributed by atoms with van der Waals surface area (Å²) in [5, 5.41) is 0.231. The minimum Gasteiger partial charge on any atom is -0.497 e. The second-order valence-corrected chi connectivity index (χ2v) is 11.4. The van der Waals surface area contributed by atoms with Crippen LogP contribution in [0.25, 0.3) is 0 Å². The number of fused-ring (bicyclic) bond motifs is 1. The van der Waals surface area contributed by atoms with E-state index in [2.05, 4.69) is 9.80 Å². The molecule has 5 rings (SSSR count). The lowest BCUT2D eigenvalue weighted by Gasteiger charge is -2.40. The first kappa shape index (κ1) is 22.6. The lowest BCUT2D eigenvalue weighted by Crippen LogP contribution is -2.44. The van der Waals surface area contributed by atoms with E-state index >= 15 is 0 Å². The van der Waals surface area contributed by atoms with Gasteiger partial charge < -0.3 is 19.3 Å². The zero-order valence-corrected chi connectivity index (χ0v) is 20.5. The lowest BCUT2D eigenvalue weighted by atomic mass is 9.94. The first-order valence-corrected chi connectivity index (χ1v) is 13.8. The van der Waals surface area contributed by atoms with Crippen LogP contribution in [0.2, 0.25) is 5.02 Å². The van der Waals surface area contributed by atoms with Crippen molar-refractivity contribution in [3.63, 3.8) is 0 Å². The molecule has 1 saturated heterocycles. The normalized spacial score (nSPS) is 20.5. The van der Waals surface area contributed by atoms with Gasteiger partial charge in [0.05, 0.1) is 12.9 Å². The Bertz CT molecular complexity index is 1110. The van der Waals surface area contributed by atoms with E-state index in [0.29, 0.717) is 29.7 Å². The highest BCUT2D eigenvalue weighted by molar-refractivity contribution is 7.91. The van der Waals surface area contributed by atoms with E-state index in [1.54, 1.807) is 19.2 Å². The molecule has 0 spiro atoms. The molecule has 2 aliphatic heterocycles. The number of aromatic nitrogens is 1. The summed E-state index contributed by atoms with van der Waals surface area (Å²) in [5.74, 6) is 2.17. The summed E-state index contributed by atoms with van der Waals surface area (Å²) >= 11 is 6.83. The SMILES string of the molecule is COc1ccc(Oc2nc(N3CCCC3)c(Cl)c3c2N(C2CCCCC2)CCS3(=O)=O)cc1. The van der Waals surface area contributed by atoms with Gasteiger partial charge in [-0.25, -0.2) is 8.42 Å². The minimum atomic E-state index is -3.56. The van der Waals surface area contributed by atoms with Gasteiger partial charge in [0.25, 0.3) is 0 Å². The average Bonchev–Trinajstić information content (AvgIpc) is 3.36. The second-order valence-electron chi connectivity index (χ2n) is 9.01. The van der Waals surface area contributed by atoms with Crippen LogP contribution in [0.5, 0.6) is 17.4 Å². The largest absolute Gasteiger partial charge is 0.497 e. The molecule has 0 atom stereocenters. The van der Waals surface area contributed by atoms with Gasteiger partial charge in [0.15, 0.2) is 15.7 Å². The van der Waals surface area contributed by atoms with Crippen molar-refractivity contribution < 1.29 is 17.9 Å². The number of benzene rings is 1. The number of halogens is 1. The topological polar surface area (TPSA) is 72.0 Å². The molecule has 3 heterocycles. The monoisotopic (exact) mass is 491 g/mol. The Morgan fingerprint density at radius 3 is 2.30 bits per heavy atom. The highest BCUT2D eigenvalue weighted by Gasteiger charge is 2.40. The summed E-state index contributed by atoms with van der Waals surface area (Å²) in [5.41, 5.74) is 0.525. The zero-order chi connectivity index (χ0) is 23.0. The standard InChI is InChI=1S/C24H30ClN3O4S/c1-31-18-9-11-19(12-10-18)32-24-21-22(20(25)23(26-24)27-13-5-6-14-27)33(29,30)16-15-28(21)17-7-3-2-4-8-17/h9-12,17H,2-8,13-16H2,1H3. The number of anilines is 2. The maximum absolute atomic E-state index is 13.3. The molecule has 1 aromatic heterocycles. The van der Waals surface area contributed by atoms with Crippen LogP contribution in [-0.4, -0.2) is 51.9 Å². The van der Waals surface area contributed by atoms with Crippen LogP contribution >= 0.6 is 11.6 Å².